The Morgan fingerprint density at radius 2 is 1.56 bits per heavy atom. The van der Waals surface area contributed by atoms with E-state index in [-0.39, 0.29) is 0 Å². The lowest BCUT2D eigenvalue weighted by Crippen LogP contribution is -1.73. The summed E-state index contributed by atoms with van der Waals surface area (Å²) < 4.78 is 0. The van der Waals surface area contributed by atoms with E-state index in [1.54, 1.807) is 11.1 Å². The van der Waals surface area contributed by atoms with E-state index < -0.39 is 0 Å². The molecule has 1 aliphatic rings. The zero-order valence-electron chi connectivity index (χ0n) is 10.0. The van der Waals surface area contributed by atoms with Crippen LogP contribution < -0.4 is 0 Å². The molecule has 2 rings (SSSR count). The summed E-state index contributed by atoms with van der Waals surface area (Å²) in [4.78, 5) is 0. The Kier molecular flexibility index (Phi) is 3.40. The number of rotatable bonds is 2. The van der Waals surface area contributed by atoms with Gasteiger partial charge in [0.15, 0.2) is 0 Å². The molecule has 0 spiro atoms. The first-order valence-electron chi connectivity index (χ1n) is 5.82. The van der Waals surface area contributed by atoms with Crippen molar-refractivity contribution in [3.63, 3.8) is 0 Å². The van der Waals surface area contributed by atoms with Crippen molar-refractivity contribution in [2.45, 2.75) is 26.7 Å². The van der Waals surface area contributed by atoms with Crippen molar-refractivity contribution in [3.05, 3.63) is 64.8 Å². The Morgan fingerprint density at radius 1 is 0.938 bits per heavy atom. The first-order valence-corrected chi connectivity index (χ1v) is 5.82. The predicted octanol–water partition coefficient (Wildman–Crippen LogP) is 4.76. The van der Waals surface area contributed by atoms with Gasteiger partial charge in [0, 0.05) is 0 Å². The SMILES string of the molecule is CC1=C(C)CC(=C/C=C/c2ccccc2)C1. The van der Waals surface area contributed by atoms with Crippen molar-refractivity contribution in [1.29, 1.82) is 0 Å². The van der Waals surface area contributed by atoms with Gasteiger partial charge in [0.25, 0.3) is 0 Å². The molecule has 0 unspecified atom stereocenters. The van der Waals surface area contributed by atoms with Crippen LogP contribution >= 0.6 is 0 Å². The lowest BCUT2D eigenvalue weighted by Gasteiger charge is -1.93. The largest absolute Gasteiger partial charge is 0.0700 e. The highest BCUT2D eigenvalue weighted by molar-refractivity contribution is 5.51. The van der Waals surface area contributed by atoms with Gasteiger partial charge in [-0.05, 0) is 32.3 Å². The lowest BCUT2D eigenvalue weighted by atomic mass is 10.1. The Balaban J connectivity index is 1.99. The molecule has 0 saturated heterocycles. The van der Waals surface area contributed by atoms with Crippen LogP contribution in [-0.2, 0) is 0 Å². The third-order valence-electron chi connectivity index (χ3n) is 3.13. The molecule has 0 bridgehead atoms. The van der Waals surface area contributed by atoms with Gasteiger partial charge in [-0.1, -0.05) is 65.3 Å². The van der Waals surface area contributed by atoms with Crippen molar-refractivity contribution in [3.8, 4) is 0 Å². The fraction of sp³-hybridized carbons (Fsp3) is 0.250. The molecule has 0 amide bonds. The average molecular weight is 210 g/mol. The maximum atomic E-state index is 2.26. The van der Waals surface area contributed by atoms with Gasteiger partial charge < -0.3 is 0 Å². The van der Waals surface area contributed by atoms with E-state index in [0.717, 1.165) is 12.8 Å². The normalized spacial score (nSPS) is 16.2. The summed E-state index contributed by atoms with van der Waals surface area (Å²) in [7, 11) is 0. The predicted molar refractivity (Wildman–Crippen MR) is 71.2 cm³/mol. The van der Waals surface area contributed by atoms with Gasteiger partial charge in [0.05, 0.1) is 0 Å². The summed E-state index contributed by atoms with van der Waals surface area (Å²) in [6.07, 6.45) is 8.90. The maximum absolute atomic E-state index is 2.26. The van der Waals surface area contributed by atoms with Crippen molar-refractivity contribution >= 4 is 6.08 Å². The van der Waals surface area contributed by atoms with Crippen LogP contribution in [0.2, 0.25) is 0 Å². The molecule has 0 atom stereocenters. The minimum Gasteiger partial charge on any atom is -0.0700 e. The highest BCUT2D eigenvalue weighted by atomic mass is 14.2. The van der Waals surface area contributed by atoms with Crippen molar-refractivity contribution < 1.29 is 0 Å². The first kappa shape index (κ1) is 10.9. The van der Waals surface area contributed by atoms with E-state index in [9.17, 15) is 0 Å². The number of hydrogen-bond donors (Lipinski definition) is 0. The topological polar surface area (TPSA) is 0 Å². The molecule has 0 nitrogen and oxygen atoms in total. The molecule has 1 aliphatic carbocycles. The fourth-order valence-electron chi connectivity index (χ4n) is 2.02. The Hall–Kier alpha value is -1.56. The van der Waals surface area contributed by atoms with Gasteiger partial charge in [-0.2, -0.15) is 0 Å². The number of benzene rings is 1. The second-order valence-electron chi connectivity index (χ2n) is 4.51. The smallest absolute Gasteiger partial charge is 0.0102 e. The second-order valence-corrected chi connectivity index (χ2v) is 4.51. The van der Waals surface area contributed by atoms with Crippen molar-refractivity contribution in [1.82, 2.24) is 0 Å². The van der Waals surface area contributed by atoms with Gasteiger partial charge in [-0.25, -0.2) is 0 Å². The van der Waals surface area contributed by atoms with E-state index in [4.69, 9.17) is 0 Å². The highest BCUT2D eigenvalue weighted by Crippen LogP contribution is 2.29. The van der Waals surface area contributed by atoms with Crippen LogP contribution in [0, 0.1) is 0 Å². The van der Waals surface area contributed by atoms with Crippen LogP contribution in [0.3, 0.4) is 0 Å². The summed E-state index contributed by atoms with van der Waals surface area (Å²) >= 11 is 0. The maximum Gasteiger partial charge on any atom is -0.0102 e. The zero-order chi connectivity index (χ0) is 11.4. The molecule has 82 valence electrons. The molecule has 1 aromatic carbocycles. The summed E-state index contributed by atoms with van der Waals surface area (Å²) in [5.41, 5.74) is 5.87. The molecule has 0 heteroatoms. The molecule has 0 fully saturated rings. The van der Waals surface area contributed by atoms with E-state index >= 15 is 0 Å². The Morgan fingerprint density at radius 3 is 2.19 bits per heavy atom. The van der Waals surface area contributed by atoms with Crippen LogP contribution in [0.25, 0.3) is 6.08 Å². The second kappa shape index (κ2) is 4.98. The van der Waals surface area contributed by atoms with Gasteiger partial charge >= 0.3 is 0 Å². The minimum atomic E-state index is 1.16. The van der Waals surface area contributed by atoms with E-state index in [1.807, 2.05) is 6.07 Å². The van der Waals surface area contributed by atoms with E-state index in [2.05, 4.69) is 56.3 Å². The van der Waals surface area contributed by atoms with Crippen molar-refractivity contribution in [2.24, 2.45) is 0 Å². The third-order valence-corrected chi connectivity index (χ3v) is 3.13. The molecule has 0 N–H and O–H groups in total. The molecule has 0 radical (unpaired) electrons. The van der Waals surface area contributed by atoms with Crippen LogP contribution in [0.1, 0.15) is 32.3 Å². The summed E-state index contributed by atoms with van der Waals surface area (Å²) in [6.45, 7) is 4.47. The van der Waals surface area contributed by atoms with Gasteiger partial charge in [0.1, 0.15) is 0 Å². The Bertz CT molecular complexity index is 428. The zero-order valence-corrected chi connectivity index (χ0v) is 10.0. The lowest BCUT2D eigenvalue weighted by molar-refractivity contribution is 1.14. The number of hydrogen-bond acceptors (Lipinski definition) is 0. The van der Waals surface area contributed by atoms with Crippen molar-refractivity contribution in [2.75, 3.05) is 0 Å². The third kappa shape index (κ3) is 2.73. The van der Waals surface area contributed by atoms with Gasteiger partial charge in [0.2, 0.25) is 0 Å². The molecule has 16 heavy (non-hydrogen) atoms. The Labute approximate surface area is 98.0 Å². The average Bonchev–Trinajstić information content (AvgIpc) is 2.60. The van der Waals surface area contributed by atoms with Crippen LogP contribution in [0.4, 0.5) is 0 Å². The monoisotopic (exact) mass is 210 g/mol. The molecule has 0 heterocycles. The van der Waals surface area contributed by atoms with E-state index in [0.29, 0.717) is 0 Å². The number of allylic oxidation sites excluding steroid dienone is 5. The van der Waals surface area contributed by atoms with E-state index in [1.165, 1.54) is 11.1 Å². The van der Waals surface area contributed by atoms with Crippen LogP contribution in [-0.4, -0.2) is 0 Å². The van der Waals surface area contributed by atoms with Crippen LogP contribution in [0.15, 0.2) is 59.2 Å². The summed E-state index contributed by atoms with van der Waals surface area (Å²) in [5, 5.41) is 0. The van der Waals surface area contributed by atoms with Crippen LogP contribution in [0.5, 0.6) is 0 Å². The fourth-order valence-corrected chi connectivity index (χ4v) is 2.02. The quantitative estimate of drug-likeness (QED) is 0.617. The molecule has 1 aromatic rings. The standard InChI is InChI=1S/C16H18/c1-13-11-16(12-14(13)2)10-6-9-15-7-4-3-5-8-15/h3-10H,11-12H2,1-2H3/b9-6+. The van der Waals surface area contributed by atoms with Gasteiger partial charge in [-0.15, -0.1) is 0 Å². The van der Waals surface area contributed by atoms with Gasteiger partial charge in [-0.3, -0.25) is 0 Å². The molecule has 0 aromatic heterocycles. The molecular weight excluding hydrogens is 192 g/mol. The molecule has 0 aliphatic heterocycles. The summed E-state index contributed by atoms with van der Waals surface area (Å²) in [6, 6.07) is 10.4. The minimum absolute atomic E-state index is 1.16. The first-order chi connectivity index (χ1) is 7.75. The molecular formula is C16H18. The molecule has 0 saturated carbocycles. The summed E-state index contributed by atoms with van der Waals surface area (Å²) in [5.74, 6) is 0. The highest BCUT2D eigenvalue weighted by Gasteiger charge is 2.10.